The summed E-state index contributed by atoms with van der Waals surface area (Å²) >= 11 is 1.73. The van der Waals surface area contributed by atoms with E-state index >= 15 is 0 Å². The fourth-order valence-electron chi connectivity index (χ4n) is 1.79. The zero-order valence-corrected chi connectivity index (χ0v) is 12.7. The number of non-ortho nitro benzene ring substituents is 1. The summed E-state index contributed by atoms with van der Waals surface area (Å²) in [5.74, 6) is 0.0144. The van der Waals surface area contributed by atoms with Gasteiger partial charge in [-0.2, -0.15) is 0 Å². The Morgan fingerprint density at radius 3 is 2.80 bits per heavy atom. The standard InChI is InChI=1S/C14H21FN2O2S/c1-3-4-5-6-11(2)20-10-16-14-8-7-12(17(18)19)9-13(14)15/h7-9,11,16H,3-6,10H2,1-2H3/t11-/m1/s1. The molecule has 1 atom stereocenters. The van der Waals surface area contributed by atoms with Crippen LogP contribution in [0.3, 0.4) is 0 Å². The van der Waals surface area contributed by atoms with Crippen molar-refractivity contribution in [3.8, 4) is 0 Å². The molecule has 1 N–H and O–H groups in total. The van der Waals surface area contributed by atoms with Gasteiger partial charge in [0.15, 0.2) is 5.82 Å². The van der Waals surface area contributed by atoms with Gasteiger partial charge in [-0.1, -0.05) is 33.1 Å². The number of unbranched alkanes of at least 4 members (excludes halogenated alkanes) is 2. The van der Waals surface area contributed by atoms with Crippen LogP contribution >= 0.6 is 11.8 Å². The second-order valence-corrected chi connectivity index (χ2v) is 6.14. The third kappa shape index (κ3) is 5.77. The first-order chi connectivity index (χ1) is 9.54. The Hall–Kier alpha value is -1.30. The third-order valence-corrected chi connectivity index (χ3v) is 4.12. The number of hydrogen-bond donors (Lipinski definition) is 1. The smallest absolute Gasteiger partial charge is 0.272 e. The second-order valence-electron chi connectivity index (χ2n) is 4.72. The maximum Gasteiger partial charge on any atom is 0.272 e. The van der Waals surface area contributed by atoms with Gasteiger partial charge in [0.25, 0.3) is 5.69 Å². The van der Waals surface area contributed by atoms with Gasteiger partial charge in [0, 0.05) is 11.3 Å². The molecular formula is C14H21FN2O2S. The van der Waals surface area contributed by atoms with E-state index in [9.17, 15) is 14.5 Å². The summed E-state index contributed by atoms with van der Waals surface area (Å²) in [6.07, 6.45) is 4.83. The molecule has 1 aromatic rings. The molecule has 6 heteroatoms. The lowest BCUT2D eigenvalue weighted by molar-refractivity contribution is -0.385. The van der Waals surface area contributed by atoms with E-state index in [1.165, 1.54) is 31.4 Å². The van der Waals surface area contributed by atoms with Crippen LogP contribution in [-0.2, 0) is 0 Å². The highest BCUT2D eigenvalue weighted by Gasteiger charge is 2.10. The van der Waals surface area contributed by atoms with Crippen LogP contribution in [0.2, 0.25) is 0 Å². The van der Waals surface area contributed by atoms with Gasteiger partial charge in [0.2, 0.25) is 0 Å². The van der Waals surface area contributed by atoms with Gasteiger partial charge in [-0.05, 0) is 12.5 Å². The van der Waals surface area contributed by atoms with Crippen LogP contribution in [0.25, 0.3) is 0 Å². The number of rotatable bonds is 9. The van der Waals surface area contributed by atoms with Gasteiger partial charge in [-0.3, -0.25) is 10.1 Å². The molecule has 0 aromatic heterocycles. The van der Waals surface area contributed by atoms with Crippen LogP contribution < -0.4 is 5.32 Å². The Kier molecular flexibility index (Phi) is 7.36. The average molecular weight is 300 g/mol. The number of nitrogens with one attached hydrogen (secondary N) is 1. The SMILES string of the molecule is CCCCC[C@@H](C)SCNc1ccc([N+](=O)[O-])cc1F. The molecule has 1 rings (SSSR count). The molecule has 0 unspecified atom stereocenters. The summed E-state index contributed by atoms with van der Waals surface area (Å²) in [4.78, 5) is 9.91. The topological polar surface area (TPSA) is 55.2 Å². The summed E-state index contributed by atoms with van der Waals surface area (Å²) in [7, 11) is 0. The molecule has 112 valence electrons. The summed E-state index contributed by atoms with van der Waals surface area (Å²) < 4.78 is 13.6. The zero-order valence-electron chi connectivity index (χ0n) is 11.9. The van der Waals surface area contributed by atoms with Crippen molar-refractivity contribution in [1.82, 2.24) is 0 Å². The van der Waals surface area contributed by atoms with Crippen LogP contribution in [0.4, 0.5) is 15.8 Å². The minimum Gasteiger partial charge on any atom is -0.374 e. The lowest BCUT2D eigenvalue weighted by Gasteiger charge is -2.12. The fourth-order valence-corrected chi connectivity index (χ4v) is 2.64. The molecule has 0 saturated heterocycles. The predicted octanol–water partition coefficient (Wildman–Crippen LogP) is 4.81. The Labute approximate surface area is 123 Å². The first-order valence-electron chi connectivity index (χ1n) is 6.84. The lowest BCUT2D eigenvalue weighted by Crippen LogP contribution is -2.05. The predicted molar refractivity (Wildman–Crippen MR) is 82.7 cm³/mol. The van der Waals surface area contributed by atoms with E-state index in [4.69, 9.17) is 0 Å². The minimum atomic E-state index is -0.600. The van der Waals surface area contributed by atoms with Crippen molar-refractivity contribution >= 4 is 23.1 Å². The minimum absolute atomic E-state index is 0.228. The van der Waals surface area contributed by atoms with Gasteiger partial charge < -0.3 is 5.32 Å². The Bertz CT molecular complexity index is 443. The molecule has 0 bridgehead atoms. The van der Waals surface area contributed by atoms with Crippen LogP contribution in [0.5, 0.6) is 0 Å². The molecule has 0 aliphatic heterocycles. The molecule has 4 nitrogen and oxygen atoms in total. The van der Waals surface area contributed by atoms with Crippen molar-refractivity contribution in [1.29, 1.82) is 0 Å². The largest absolute Gasteiger partial charge is 0.374 e. The Morgan fingerprint density at radius 1 is 1.45 bits per heavy atom. The van der Waals surface area contributed by atoms with Crippen LogP contribution in [0.15, 0.2) is 18.2 Å². The molecule has 0 heterocycles. The number of hydrogen-bond acceptors (Lipinski definition) is 4. The van der Waals surface area contributed by atoms with Gasteiger partial charge >= 0.3 is 0 Å². The Morgan fingerprint density at radius 2 is 2.20 bits per heavy atom. The fraction of sp³-hybridized carbons (Fsp3) is 0.571. The zero-order chi connectivity index (χ0) is 15.0. The molecule has 0 spiro atoms. The molecule has 0 aliphatic rings. The molecule has 0 saturated carbocycles. The maximum absolute atomic E-state index is 13.6. The van der Waals surface area contributed by atoms with E-state index in [0.717, 1.165) is 12.5 Å². The molecule has 1 aromatic carbocycles. The van der Waals surface area contributed by atoms with Crippen molar-refractivity contribution in [2.45, 2.75) is 44.8 Å². The molecule has 20 heavy (non-hydrogen) atoms. The van der Waals surface area contributed by atoms with E-state index < -0.39 is 10.7 Å². The number of nitro benzene ring substituents is 1. The van der Waals surface area contributed by atoms with Crippen molar-refractivity contribution in [3.63, 3.8) is 0 Å². The first kappa shape index (κ1) is 16.8. The number of halogens is 1. The number of benzene rings is 1. The highest BCUT2D eigenvalue weighted by Crippen LogP contribution is 2.22. The highest BCUT2D eigenvalue weighted by molar-refractivity contribution is 7.99. The molecule has 0 amide bonds. The summed E-state index contributed by atoms with van der Waals surface area (Å²) in [5.41, 5.74) is 0.0810. The maximum atomic E-state index is 13.6. The summed E-state index contributed by atoms with van der Waals surface area (Å²) in [6.45, 7) is 4.34. The molecular weight excluding hydrogens is 279 g/mol. The lowest BCUT2D eigenvalue weighted by atomic mass is 10.2. The number of anilines is 1. The molecule has 0 fully saturated rings. The van der Waals surface area contributed by atoms with E-state index in [-0.39, 0.29) is 5.69 Å². The van der Waals surface area contributed by atoms with Crippen LogP contribution in [0, 0.1) is 15.9 Å². The second kappa shape index (κ2) is 8.79. The third-order valence-electron chi connectivity index (χ3n) is 3.01. The Balaban J connectivity index is 2.36. The van der Waals surface area contributed by atoms with E-state index in [1.807, 2.05) is 0 Å². The first-order valence-corrected chi connectivity index (χ1v) is 7.89. The number of thioether (sulfide) groups is 1. The van der Waals surface area contributed by atoms with Crippen molar-refractivity contribution in [2.24, 2.45) is 0 Å². The van der Waals surface area contributed by atoms with Crippen LogP contribution in [-0.4, -0.2) is 16.1 Å². The highest BCUT2D eigenvalue weighted by atomic mass is 32.2. The number of nitro groups is 1. The van der Waals surface area contributed by atoms with Crippen molar-refractivity contribution in [2.75, 3.05) is 11.2 Å². The van der Waals surface area contributed by atoms with Gasteiger partial charge in [0.05, 0.1) is 22.6 Å². The summed E-state index contributed by atoms with van der Waals surface area (Å²) in [5, 5.41) is 14.0. The van der Waals surface area contributed by atoms with Crippen LogP contribution in [0.1, 0.15) is 39.5 Å². The van der Waals surface area contributed by atoms with E-state index in [1.54, 1.807) is 11.8 Å². The van der Waals surface area contributed by atoms with Gasteiger partial charge in [0.1, 0.15) is 0 Å². The summed E-state index contributed by atoms with van der Waals surface area (Å²) in [6, 6.07) is 3.66. The van der Waals surface area contributed by atoms with E-state index in [2.05, 4.69) is 19.2 Å². The number of nitrogens with zero attached hydrogens (tertiary/aromatic N) is 1. The molecule has 0 aliphatic carbocycles. The molecule has 0 radical (unpaired) electrons. The van der Waals surface area contributed by atoms with Crippen molar-refractivity contribution < 1.29 is 9.31 Å². The normalized spacial score (nSPS) is 12.2. The van der Waals surface area contributed by atoms with Gasteiger partial charge in [-0.25, -0.2) is 4.39 Å². The van der Waals surface area contributed by atoms with Gasteiger partial charge in [-0.15, -0.1) is 11.8 Å². The monoisotopic (exact) mass is 300 g/mol. The average Bonchev–Trinajstić information content (AvgIpc) is 2.40. The van der Waals surface area contributed by atoms with E-state index in [0.29, 0.717) is 16.8 Å². The quantitative estimate of drug-likeness (QED) is 0.308. The van der Waals surface area contributed by atoms with Crippen molar-refractivity contribution in [3.05, 3.63) is 34.1 Å².